The van der Waals surface area contributed by atoms with Gasteiger partial charge in [0.25, 0.3) is 0 Å². The molecule has 67 heavy (non-hydrogen) atoms. The summed E-state index contributed by atoms with van der Waals surface area (Å²) in [5, 5.41) is 36.6. The van der Waals surface area contributed by atoms with Crippen LogP contribution in [0.5, 0.6) is 0 Å². The second kappa shape index (κ2) is 25.2. The SMILES string of the molecule is CCC=CCC1C(=O)CCC1CCCC(O)CC(=O)SCCNC(=O)CCNC(=O)C(O)C(C)(C)COP(=O)(O)OP(=O)(O)OCC1OC(n2cnc3c(N)ncnc32)C(O)C1OP(=O)(O)O. The van der Waals surface area contributed by atoms with Crippen molar-refractivity contribution in [3.8, 4) is 0 Å². The summed E-state index contributed by atoms with van der Waals surface area (Å²) in [6.45, 7) is 2.34. The van der Waals surface area contributed by atoms with Crippen molar-refractivity contribution in [1.82, 2.24) is 30.2 Å². The smallest absolute Gasteiger partial charge is 0.393 e. The number of allylic oxidation sites excluding steroid dienone is 2. The van der Waals surface area contributed by atoms with Gasteiger partial charge < -0.3 is 56.0 Å². The molecular weight excluding hydrogens is 971 g/mol. The zero-order valence-electron chi connectivity index (χ0n) is 37.0. The summed E-state index contributed by atoms with van der Waals surface area (Å²) >= 11 is 0.957. The van der Waals surface area contributed by atoms with E-state index in [4.69, 9.17) is 19.5 Å². The van der Waals surface area contributed by atoms with E-state index < -0.39 is 90.7 Å². The summed E-state index contributed by atoms with van der Waals surface area (Å²) in [7, 11) is -16.5. The number of imidazole rings is 1. The number of fused-ring (bicyclic) bond motifs is 1. The van der Waals surface area contributed by atoms with Gasteiger partial charge in [-0.1, -0.05) is 51.1 Å². The number of nitrogens with zero attached hydrogens (tertiary/aromatic N) is 4. The van der Waals surface area contributed by atoms with Crippen LogP contribution in [0.3, 0.4) is 0 Å². The number of phosphoric acid groups is 3. The first-order chi connectivity index (χ1) is 31.3. The lowest BCUT2D eigenvalue weighted by molar-refractivity contribution is -0.137. The van der Waals surface area contributed by atoms with Gasteiger partial charge in [-0.2, -0.15) is 4.31 Å². The molecule has 0 bridgehead atoms. The zero-order chi connectivity index (χ0) is 49.7. The van der Waals surface area contributed by atoms with E-state index in [0.29, 0.717) is 19.3 Å². The molecule has 0 spiro atoms. The van der Waals surface area contributed by atoms with Gasteiger partial charge in [0.15, 0.2) is 22.8 Å². The third-order valence-electron chi connectivity index (χ3n) is 10.8. The summed E-state index contributed by atoms with van der Waals surface area (Å²) in [6.07, 6.45) is 1.22. The summed E-state index contributed by atoms with van der Waals surface area (Å²) in [4.78, 5) is 101. The Balaban J connectivity index is 1.13. The number of thioether (sulfide) groups is 1. The molecule has 1 saturated heterocycles. The van der Waals surface area contributed by atoms with Crippen molar-refractivity contribution in [2.75, 3.05) is 37.8 Å². The minimum Gasteiger partial charge on any atom is -0.393 e. The van der Waals surface area contributed by atoms with E-state index in [1.807, 2.05) is 6.92 Å². The van der Waals surface area contributed by atoms with E-state index >= 15 is 0 Å². The first-order valence-corrected chi connectivity index (χ1v) is 26.7. The molecule has 30 heteroatoms. The second-order valence-electron chi connectivity index (χ2n) is 16.6. The third-order valence-corrected chi connectivity index (χ3v) is 14.8. The molecule has 0 aromatic carbocycles. The van der Waals surface area contributed by atoms with Crippen LogP contribution in [-0.4, -0.2) is 140 Å². The molecule has 2 aromatic heterocycles. The van der Waals surface area contributed by atoms with Crippen LogP contribution < -0.4 is 16.4 Å². The van der Waals surface area contributed by atoms with Crippen molar-refractivity contribution < 1.29 is 90.4 Å². The molecular formula is C37H60N7O19P3S. The van der Waals surface area contributed by atoms with E-state index in [1.165, 1.54) is 13.8 Å². The number of carbonyl (C=O) groups excluding carboxylic acids is 4. The molecule has 10 unspecified atom stereocenters. The number of hydrogen-bond acceptors (Lipinski definition) is 20. The Morgan fingerprint density at radius 3 is 2.48 bits per heavy atom. The Kier molecular flexibility index (Phi) is 21.2. The monoisotopic (exact) mass is 1030 g/mol. The van der Waals surface area contributed by atoms with Crippen LogP contribution in [0.25, 0.3) is 11.2 Å². The van der Waals surface area contributed by atoms with Gasteiger partial charge in [0.1, 0.15) is 42.0 Å². The summed E-state index contributed by atoms with van der Waals surface area (Å²) in [5.41, 5.74) is 4.23. The number of carbonyl (C=O) groups is 4. The normalized spacial score (nSPS) is 24.1. The Morgan fingerprint density at radius 2 is 1.78 bits per heavy atom. The number of nitrogens with two attached hydrogens (primary N) is 1. The van der Waals surface area contributed by atoms with Crippen LogP contribution in [-0.2, 0) is 55.5 Å². The first-order valence-electron chi connectivity index (χ1n) is 21.2. The molecule has 10 atom stereocenters. The molecule has 2 aliphatic rings. The lowest BCUT2D eigenvalue weighted by Crippen LogP contribution is -2.46. The maximum Gasteiger partial charge on any atom is 0.481 e. The molecule has 0 radical (unpaired) electrons. The minimum atomic E-state index is -5.60. The maximum atomic E-state index is 12.7. The average molecular weight is 1030 g/mol. The van der Waals surface area contributed by atoms with Crippen molar-refractivity contribution in [2.24, 2.45) is 17.3 Å². The summed E-state index contributed by atoms with van der Waals surface area (Å²) in [6, 6.07) is 0. The number of nitrogens with one attached hydrogen (secondary N) is 2. The van der Waals surface area contributed by atoms with Crippen LogP contribution in [0.4, 0.5) is 5.82 Å². The predicted octanol–water partition coefficient (Wildman–Crippen LogP) is 1.54. The van der Waals surface area contributed by atoms with E-state index in [9.17, 15) is 67.8 Å². The van der Waals surface area contributed by atoms with Crippen molar-refractivity contribution in [3.05, 3.63) is 24.8 Å². The van der Waals surface area contributed by atoms with E-state index in [-0.39, 0.29) is 71.4 Å². The van der Waals surface area contributed by atoms with E-state index in [2.05, 4.69) is 46.6 Å². The zero-order valence-corrected chi connectivity index (χ0v) is 40.5. The number of hydrogen-bond donors (Lipinski definition) is 10. The number of phosphoric ester groups is 3. The summed E-state index contributed by atoms with van der Waals surface area (Å²) in [5.74, 6) is -0.714. The minimum absolute atomic E-state index is 0.0195. The van der Waals surface area contributed by atoms with Gasteiger partial charge in [-0.25, -0.2) is 28.6 Å². The van der Waals surface area contributed by atoms with Gasteiger partial charge in [0, 0.05) is 49.4 Å². The highest BCUT2D eigenvalue weighted by Crippen LogP contribution is 2.61. The number of ether oxygens (including phenoxy) is 1. The van der Waals surface area contributed by atoms with Gasteiger partial charge in [-0.05, 0) is 38.0 Å². The largest absolute Gasteiger partial charge is 0.481 e. The molecule has 2 amide bonds. The average Bonchev–Trinajstić information content (AvgIpc) is 3.91. The number of aromatic nitrogens is 4. The highest BCUT2D eigenvalue weighted by atomic mass is 32.2. The van der Waals surface area contributed by atoms with Crippen molar-refractivity contribution in [1.29, 1.82) is 0 Å². The molecule has 26 nitrogen and oxygen atoms in total. The van der Waals surface area contributed by atoms with Crippen LogP contribution >= 0.6 is 35.2 Å². The van der Waals surface area contributed by atoms with Crippen LogP contribution in [0, 0.1) is 17.3 Å². The highest BCUT2D eigenvalue weighted by Gasteiger charge is 2.50. The quantitative estimate of drug-likeness (QED) is 0.0328. The number of aliphatic hydroxyl groups excluding tert-OH is 3. The molecule has 11 N–H and O–H groups in total. The van der Waals surface area contributed by atoms with E-state index in [1.54, 1.807) is 0 Å². The molecule has 2 fully saturated rings. The predicted molar refractivity (Wildman–Crippen MR) is 237 cm³/mol. The highest BCUT2D eigenvalue weighted by molar-refractivity contribution is 8.13. The lowest BCUT2D eigenvalue weighted by Gasteiger charge is -2.30. The molecule has 3 heterocycles. The molecule has 1 saturated carbocycles. The van der Waals surface area contributed by atoms with Gasteiger partial charge in [0.2, 0.25) is 11.8 Å². The second-order valence-corrected chi connectivity index (χ2v) is 22.0. The van der Waals surface area contributed by atoms with Crippen LogP contribution in [0.15, 0.2) is 24.8 Å². The molecule has 1 aliphatic heterocycles. The standard InChI is InChI=1S/C37H60N7O19P3S/c1-4-5-6-10-24-22(11-12-25(24)46)8-7-9-23(45)17-28(48)67-16-15-39-27(47)13-14-40-35(51)32(50)37(2,3)19-60-66(57,58)63-65(55,56)59-18-26-31(62-64(52,53)54)30(49)36(61-26)44-21-43-29-33(38)41-20-42-34(29)44/h5-6,20-24,26,30-32,36,45,49-50H,4,7-19H2,1-3H3,(H,39,47)(H,40,51)(H,55,56)(H,57,58)(H2,38,41,42)(H2,52,53,54). The maximum absolute atomic E-state index is 12.7. The van der Waals surface area contributed by atoms with Crippen LogP contribution in [0.2, 0.25) is 0 Å². The fourth-order valence-corrected chi connectivity index (χ4v) is 10.9. The topological polar surface area (TPSA) is 401 Å². The third kappa shape index (κ3) is 17.7. The number of aliphatic hydroxyl groups is 3. The van der Waals surface area contributed by atoms with Gasteiger partial charge in [-0.3, -0.25) is 37.3 Å². The lowest BCUT2D eigenvalue weighted by atomic mass is 9.87. The first kappa shape index (κ1) is 56.5. The Labute approximate surface area is 389 Å². The van der Waals surface area contributed by atoms with Crippen molar-refractivity contribution in [2.45, 2.75) is 115 Å². The number of amides is 2. The van der Waals surface area contributed by atoms with E-state index in [0.717, 1.165) is 54.7 Å². The number of nitrogen functional groups attached to an aromatic ring is 1. The molecule has 1 aliphatic carbocycles. The Morgan fingerprint density at radius 1 is 1.06 bits per heavy atom. The van der Waals surface area contributed by atoms with Crippen LogP contribution in [0.1, 0.15) is 84.8 Å². The Hall–Kier alpha value is -3.07. The number of Topliss-reactive ketones (excluding diaryl/α,β-unsaturated/α-hetero) is 1. The van der Waals surface area contributed by atoms with Gasteiger partial charge >= 0.3 is 23.5 Å². The number of ketones is 1. The summed E-state index contributed by atoms with van der Waals surface area (Å²) < 4.78 is 62.4. The molecule has 378 valence electrons. The number of anilines is 1. The molecule has 2 aromatic rings. The van der Waals surface area contributed by atoms with Gasteiger partial charge in [-0.15, -0.1) is 0 Å². The fraction of sp³-hybridized carbons (Fsp3) is 0.703. The Bertz CT molecular complexity index is 2200. The number of rotatable bonds is 28. The van der Waals surface area contributed by atoms with Gasteiger partial charge in [0.05, 0.1) is 25.6 Å². The fourth-order valence-electron chi connectivity index (χ4n) is 7.32. The van der Waals surface area contributed by atoms with Crippen molar-refractivity contribution >= 4 is 74.9 Å². The molecule has 4 rings (SSSR count). The van der Waals surface area contributed by atoms with Crippen molar-refractivity contribution in [3.63, 3.8) is 0 Å².